The summed E-state index contributed by atoms with van der Waals surface area (Å²) in [5.74, 6) is 0. The van der Waals surface area contributed by atoms with Crippen LogP contribution in [0.2, 0.25) is 5.02 Å². The summed E-state index contributed by atoms with van der Waals surface area (Å²) in [6.07, 6.45) is 0. The summed E-state index contributed by atoms with van der Waals surface area (Å²) in [5, 5.41) is 0.693. The van der Waals surface area contributed by atoms with Crippen LogP contribution < -0.4 is 10.6 Å². The van der Waals surface area contributed by atoms with Gasteiger partial charge in [0, 0.05) is 25.7 Å². The molecule has 2 N–H and O–H groups in total. The maximum atomic E-state index is 5.88. The molecule has 0 saturated carbocycles. The van der Waals surface area contributed by atoms with Crippen LogP contribution in [0.5, 0.6) is 0 Å². The van der Waals surface area contributed by atoms with Crippen molar-refractivity contribution in [2.24, 2.45) is 0 Å². The summed E-state index contributed by atoms with van der Waals surface area (Å²) in [4.78, 5) is 2.02. The van der Waals surface area contributed by atoms with Crippen LogP contribution in [0.1, 0.15) is 0 Å². The molecule has 1 rings (SSSR count). The van der Waals surface area contributed by atoms with Crippen LogP contribution in [-0.4, -0.2) is 27.3 Å². The molecule has 0 radical (unpaired) electrons. The van der Waals surface area contributed by atoms with Crippen LogP contribution in [0.25, 0.3) is 0 Å². The summed E-state index contributed by atoms with van der Waals surface area (Å²) in [6.45, 7) is 1.46. The van der Waals surface area contributed by atoms with Crippen LogP contribution >= 0.6 is 11.6 Å². The number of nitrogens with zero attached hydrogens (tertiary/aromatic N) is 1. The number of likely N-dealkylation sites (N-methyl/N-ethyl adjacent to an activating group) is 1. The molecular weight excluding hydrogens is 200 g/mol. The number of rotatable bonds is 4. The third kappa shape index (κ3) is 2.79. The lowest BCUT2D eigenvalue weighted by Gasteiger charge is -2.20. The standard InChI is InChI=1S/C10H15ClN2O/c1-13(5-6-14-2)10-7-8(11)3-4-9(10)12/h3-4,7H,5-6,12H2,1-2H3. The fraction of sp³-hybridized carbons (Fsp3) is 0.400. The predicted octanol–water partition coefficient (Wildman–Crippen LogP) is 2.00. The van der Waals surface area contributed by atoms with E-state index in [4.69, 9.17) is 22.1 Å². The predicted molar refractivity (Wildman–Crippen MR) is 61.0 cm³/mol. The first-order valence-corrected chi connectivity index (χ1v) is 4.78. The van der Waals surface area contributed by atoms with E-state index in [9.17, 15) is 0 Å². The summed E-state index contributed by atoms with van der Waals surface area (Å²) >= 11 is 5.88. The van der Waals surface area contributed by atoms with Gasteiger partial charge in [-0.1, -0.05) is 11.6 Å². The third-order valence-electron chi connectivity index (χ3n) is 2.03. The van der Waals surface area contributed by atoms with Gasteiger partial charge in [-0.05, 0) is 18.2 Å². The monoisotopic (exact) mass is 214 g/mol. The van der Waals surface area contributed by atoms with E-state index in [-0.39, 0.29) is 0 Å². The number of methoxy groups -OCH3 is 1. The Morgan fingerprint density at radius 3 is 2.86 bits per heavy atom. The van der Waals surface area contributed by atoms with E-state index >= 15 is 0 Å². The summed E-state index contributed by atoms with van der Waals surface area (Å²) in [5.41, 5.74) is 7.49. The Hall–Kier alpha value is -0.930. The SMILES string of the molecule is COCCN(C)c1cc(Cl)ccc1N. The van der Waals surface area contributed by atoms with Crippen LogP contribution in [0.4, 0.5) is 11.4 Å². The Morgan fingerprint density at radius 2 is 2.21 bits per heavy atom. The minimum atomic E-state index is 0.669. The van der Waals surface area contributed by atoms with Gasteiger partial charge in [-0.3, -0.25) is 0 Å². The van der Waals surface area contributed by atoms with E-state index in [1.54, 1.807) is 19.2 Å². The molecule has 1 aromatic carbocycles. The highest BCUT2D eigenvalue weighted by Gasteiger charge is 2.05. The van der Waals surface area contributed by atoms with E-state index in [0.717, 1.165) is 17.9 Å². The molecular formula is C10H15ClN2O. The van der Waals surface area contributed by atoms with Crippen molar-refractivity contribution in [1.29, 1.82) is 0 Å². The van der Waals surface area contributed by atoms with Crippen LogP contribution in [0, 0.1) is 0 Å². The lowest BCUT2D eigenvalue weighted by molar-refractivity contribution is 0.206. The first-order chi connectivity index (χ1) is 6.65. The van der Waals surface area contributed by atoms with Gasteiger partial charge in [0.15, 0.2) is 0 Å². The average Bonchev–Trinajstić information content (AvgIpc) is 2.18. The van der Waals surface area contributed by atoms with Crippen molar-refractivity contribution in [3.8, 4) is 0 Å². The summed E-state index contributed by atoms with van der Waals surface area (Å²) < 4.78 is 4.99. The van der Waals surface area contributed by atoms with Crippen molar-refractivity contribution in [2.75, 3.05) is 37.9 Å². The molecule has 4 heteroatoms. The fourth-order valence-electron chi connectivity index (χ4n) is 1.20. The van der Waals surface area contributed by atoms with Crippen molar-refractivity contribution in [3.05, 3.63) is 23.2 Å². The van der Waals surface area contributed by atoms with Gasteiger partial charge in [0.25, 0.3) is 0 Å². The molecule has 0 unspecified atom stereocenters. The second-order valence-electron chi connectivity index (χ2n) is 3.12. The number of nitrogens with two attached hydrogens (primary N) is 1. The number of nitrogen functional groups attached to an aromatic ring is 1. The second kappa shape index (κ2) is 5.08. The van der Waals surface area contributed by atoms with Crippen molar-refractivity contribution in [1.82, 2.24) is 0 Å². The molecule has 78 valence electrons. The summed E-state index contributed by atoms with van der Waals surface area (Å²) in [7, 11) is 3.64. The first-order valence-electron chi connectivity index (χ1n) is 4.40. The molecule has 0 spiro atoms. The Morgan fingerprint density at radius 1 is 1.50 bits per heavy atom. The van der Waals surface area contributed by atoms with Crippen LogP contribution in [0.3, 0.4) is 0 Å². The third-order valence-corrected chi connectivity index (χ3v) is 2.27. The normalized spacial score (nSPS) is 10.2. The number of halogens is 1. The molecule has 0 saturated heterocycles. The molecule has 14 heavy (non-hydrogen) atoms. The average molecular weight is 215 g/mol. The van der Waals surface area contributed by atoms with Gasteiger partial charge in [-0.15, -0.1) is 0 Å². The molecule has 0 aliphatic carbocycles. The zero-order chi connectivity index (χ0) is 10.6. The van der Waals surface area contributed by atoms with E-state index in [2.05, 4.69) is 0 Å². The van der Waals surface area contributed by atoms with Crippen LogP contribution in [0.15, 0.2) is 18.2 Å². The minimum Gasteiger partial charge on any atom is -0.397 e. The molecule has 3 nitrogen and oxygen atoms in total. The van der Waals surface area contributed by atoms with Crippen molar-refractivity contribution in [3.63, 3.8) is 0 Å². The van der Waals surface area contributed by atoms with Gasteiger partial charge < -0.3 is 15.4 Å². The molecule has 0 aliphatic rings. The molecule has 0 amide bonds. The van der Waals surface area contributed by atoms with E-state index in [1.165, 1.54) is 0 Å². The number of anilines is 2. The Kier molecular flexibility index (Phi) is 4.04. The number of hydrogen-bond donors (Lipinski definition) is 1. The smallest absolute Gasteiger partial charge is 0.0637 e. The van der Waals surface area contributed by atoms with Gasteiger partial charge in [0.05, 0.1) is 18.0 Å². The highest BCUT2D eigenvalue weighted by molar-refractivity contribution is 6.31. The Labute approximate surface area is 89.4 Å². The topological polar surface area (TPSA) is 38.5 Å². The molecule has 0 fully saturated rings. The largest absolute Gasteiger partial charge is 0.397 e. The molecule has 0 aliphatic heterocycles. The second-order valence-corrected chi connectivity index (χ2v) is 3.55. The number of benzene rings is 1. The van der Waals surface area contributed by atoms with Crippen molar-refractivity contribution >= 4 is 23.0 Å². The highest BCUT2D eigenvalue weighted by Crippen LogP contribution is 2.25. The van der Waals surface area contributed by atoms with E-state index < -0.39 is 0 Å². The summed E-state index contributed by atoms with van der Waals surface area (Å²) in [6, 6.07) is 5.44. The Balaban J connectivity index is 2.77. The van der Waals surface area contributed by atoms with E-state index in [1.807, 2.05) is 18.0 Å². The van der Waals surface area contributed by atoms with Gasteiger partial charge >= 0.3 is 0 Å². The van der Waals surface area contributed by atoms with Crippen molar-refractivity contribution < 1.29 is 4.74 Å². The number of hydrogen-bond acceptors (Lipinski definition) is 3. The van der Waals surface area contributed by atoms with E-state index in [0.29, 0.717) is 11.6 Å². The molecule has 0 atom stereocenters. The zero-order valence-electron chi connectivity index (χ0n) is 8.46. The Bertz CT molecular complexity index is 304. The molecule has 0 aromatic heterocycles. The fourth-order valence-corrected chi connectivity index (χ4v) is 1.36. The lowest BCUT2D eigenvalue weighted by atomic mass is 10.2. The maximum Gasteiger partial charge on any atom is 0.0637 e. The van der Waals surface area contributed by atoms with Gasteiger partial charge in [-0.25, -0.2) is 0 Å². The van der Waals surface area contributed by atoms with Crippen molar-refractivity contribution in [2.45, 2.75) is 0 Å². The minimum absolute atomic E-state index is 0.669. The maximum absolute atomic E-state index is 5.88. The van der Waals surface area contributed by atoms with Crippen LogP contribution in [-0.2, 0) is 4.74 Å². The highest BCUT2D eigenvalue weighted by atomic mass is 35.5. The zero-order valence-corrected chi connectivity index (χ0v) is 9.21. The quantitative estimate of drug-likeness (QED) is 0.780. The van der Waals surface area contributed by atoms with Gasteiger partial charge in [-0.2, -0.15) is 0 Å². The molecule has 0 bridgehead atoms. The van der Waals surface area contributed by atoms with Gasteiger partial charge in [0.2, 0.25) is 0 Å². The van der Waals surface area contributed by atoms with Gasteiger partial charge in [0.1, 0.15) is 0 Å². The molecule has 1 aromatic rings. The number of ether oxygens (including phenoxy) is 1. The first kappa shape index (κ1) is 11.1. The molecule has 0 heterocycles. The lowest BCUT2D eigenvalue weighted by Crippen LogP contribution is -2.22.